The zero-order valence-corrected chi connectivity index (χ0v) is 22.3. The molecule has 188 valence electrons. The van der Waals surface area contributed by atoms with Gasteiger partial charge in [-0.1, -0.05) is 26.3 Å². The Labute approximate surface area is 208 Å². The number of amides is 2. The average molecular weight is 466 g/mol. The van der Waals surface area contributed by atoms with E-state index in [1.165, 1.54) is 77.0 Å². The Bertz CT molecular complexity index is 868. The summed E-state index contributed by atoms with van der Waals surface area (Å²) in [6.07, 6.45) is 21.8. The molecule has 0 aromatic rings. The van der Waals surface area contributed by atoms with E-state index in [1.807, 2.05) is 0 Å². The van der Waals surface area contributed by atoms with E-state index in [4.69, 9.17) is 0 Å². The number of urea groups is 1. The molecule has 7 fully saturated rings. The lowest BCUT2D eigenvalue weighted by Crippen LogP contribution is -2.71. The topological polar surface area (TPSA) is 20.3 Å². The minimum absolute atomic E-state index is 0.181. The van der Waals surface area contributed by atoms with E-state index < -0.39 is 0 Å². The molecular weight excluding hydrogens is 416 g/mol. The first-order valence-electron chi connectivity index (χ1n) is 15.0. The van der Waals surface area contributed by atoms with Crippen LogP contribution in [-0.2, 0) is 0 Å². The number of carbonyl (C=O) groups excluding carboxylic acids is 1. The second kappa shape index (κ2) is 7.36. The Kier molecular flexibility index (Phi) is 4.84. The molecule has 1 heterocycles. The van der Waals surface area contributed by atoms with Crippen LogP contribution in [-0.4, -0.2) is 48.1 Å². The summed E-state index contributed by atoms with van der Waals surface area (Å²) in [5, 5.41) is 0. The van der Waals surface area contributed by atoms with Gasteiger partial charge in [-0.05, 0) is 117 Å². The molecule has 0 N–H and O–H groups in total. The summed E-state index contributed by atoms with van der Waals surface area (Å²) in [6.45, 7) is 6.07. The summed E-state index contributed by atoms with van der Waals surface area (Å²) < 4.78 is 0.636. The lowest BCUT2D eigenvalue weighted by atomic mass is 9.48. The largest absolute Gasteiger partial charge is 0.419 e. The maximum absolute atomic E-state index is 14.5. The van der Waals surface area contributed by atoms with Crippen molar-refractivity contribution in [2.75, 3.05) is 20.6 Å². The molecule has 34 heavy (non-hydrogen) atoms. The molecule has 2 amide bonds. The van der Waals surface area contributed by atoms with Gasteiger partial charge in [0.15, 0.2) is 0 Å². The van der Waals surface area contributed by atoms with Crippen LogP contribution in [0.5, 0.6) is 0 Å². The molecule has 0 spiro atoms. The first kappa shape index (κ1) is 22.4. The molecule has 0 aromatic carbocycles. The van der Waals surface area contributed by atoms with Crippen LogP contribution in [0.15, 0.2) is 12.2 Å². The van der Waals surface area contributed by atoms with Gasteiger partial charge >= 0.3 is 6.03 Å². The quantitative estimate of drug-likeness (QED) is 0.305. The molecular formula is C31H49N2O+. The third kappa shape index (κ3) is 2.88. The van der Waals surface area contributed by atoms with Crippen molar-refractivity contribution < 1.29 is 9.28 Å². The fraction of sp³-hybridized carbons (Fsp3) is 0.903. The molecule has 2 unspecified atom stereocenters. The van der Waals surface area contributed by atoms with Gasteiger partial charge in [0, 0.05) is 24.9 Å². The minimum atomic E-state index is 0.181. The number of hydrogen-bond acceptors (Lipinski definition) is 1. The number of quaternary nitrogens is 1. The van der Waals surface area contributed by atoms with Gasteiger partial charge in [-0.3, -0.25) is 4.90 Å². The molecule has 0 aromatic heterocycles. The Balaban J connectivity index is 1.16. The Morgan fingerprint density at radius 1 is 0.912 bits per heavy atom. The second-order valence-corrected chi connectivity index (χ2v) is 15.1. The fourth-order valence-electron chi connectivity index (χ4n) is 12.4. The van der Waals surface area contributed by atoms with Crippen LogP contribution < -0.4 is 0 Å². The van der Waals surface area contributed by atoms with Crippen molar-refractivity contribution in [2.45, 2.75) is 103 Å². The number of nitrogens with zero attached hydrogens (tertiary/aromatic N) is 2. The van der Waals surface area contributed by atoms with Crippen LogP contribution in [0.2, 0.25) is 0 Å². The van der Waals surface area contributed by atoms with Crippen LogP contribution in [0.3, 0.4) is 0 Å². The Morgan fingerprint density at radius 2 is 1.62 bits per heavy atom. The van der Waals surface area contributed by atoms with E-state index in [0.29, 0.717) is 28.0 Å². The van der Waals surface area contributed by atoms with Crippen molar-refractivity contribution in [1.82, 2.24) is 4.90 Å². The van der Waals surface area contributed by atoms with Crippen molar-refractivity contribution in [2.24, 2.45) is 52.3 Å². The van der Waals surface area contributed by atoms with E-state index in [2.05, 4.69) is 45.0 Å². The summed E-state index contributed by atoms with van der Waals surface area (Å²) in [7, 11) is 4.52. The number of rotatable bonds is 1. The zero-order valence-electron chi connectivity index (χ0n) is 22.3. The van der Waals surface area contributed by atoms with Gasteiger partial charge in [0.1, 0.15) is 12.6 Å². The molecule has 3 heteroatoms. The lowest BCUT2D eigenvalue weighted by molar-refractivity contribution is -0.866. The van der Waals surface area contributed by atoms with Crippen molar-refractivity contribution >= 4 is 6.03 Å². The number of hydrogen-bond donors (Lipinski definition) is 0. The zero-order chi connectivity index (χ0) is 23.5. The number of fused-ring (bicyclic) bond motifs is 5. The van der Waals surface area contributed by atoms with Gasteiger partial charge in [-0.25, -0.2) is 9.28 Å². The van der Waals surface area contributed by atoms with Gasteiger partial charge in [0.05, 0.1) is 7.05 Å². The average Bonchev–Trinajstić information content (AvgIpc) is 3.19. The first-order chi connectivity index (χ1) is 16.2. The lowest BCUT2D eigenvalue weighted by Gasteiger charge is -2.62. The smallest absolute Gasteiger partial charge is 0.292 e. The molecule has 1 aliphatic heterocycles. The highest BCUT2D eigenvalue weighted by Gasteiger charge is 2.63. The Morgan fingerprint density at radius 3 is 2.32 bits per heavy atom. The molecule has 7 atom stereocenters. The van der Waals surface area contributed by atoms with E-state index in [9.17, 15) is 4.79 Å². The van der Waals surface area contributed by atoms with Gasteiger partial charge in [-0.2, -0.15) is 0 Å². The highest BCUT2D eigenvalue weighted by molar-refractivity contribution is 5.68. The minimum Gasteiger partial charge on any atom is -0.292 e. The first-order valence-corrected chi connectivity index (χ1v) is 15.0. The molecule has 3 nitrogen and oxygen atoms in total. The molecule has 8 aliphatic rings. The maximum Gasteiger partial charge on any atom is 0.419 e. The van der Waals surface area contributed by atoms with Crippen LogP contribution in [0.4, 0.5) is 4.79 Å². The van der Waals surface area contributed by atoms with E-state index in [1.54, 1.807) is 0 Å². The molecule has 7 aliphatic carbocycles. The summed E-state index contributed by atoms with van der Waals surface area (Å²) >= 11 is 0. The highest BCUT2D eigenvalue weighted by Crippen LogP contribution is 2.64. The van der Waals surface area contributed by atoms with Gasteiger partial charge in [0.25, 0.3) is 0 Å². The summed E-state index contributed by atoms with van der Waals surface area (Å²) in [6, 6.07) is 1.41. The molecule has 4 bridgehead atoms. The molecule has 8 rings (SSSR count). The summed E-state index contributed by atoms with van der Waals surface area (Å²) in [5.41, 5.74) is 0.789. The van der Waals surface area contributed by atoms with Gasteiger partial charge in [-0.15, -0.1) is 0 Å². The molecule has 7 saturated carbocycles. The van der Waals surface area contributed by atoms with Crippen LogP contribution in [0.1, 0.15) is 90.9 Å². The number of carbonyl (C=O) groups is 1. The van der Waals surface area contributed by atoms with Crippen LogP contribution >= 0.6 is 0 Å². The van der Waals surface area contributed by atoms with Crippen molar-refractivity contribution in [1.29, 1.82) is 0 Å². The van der Waals surface area contributed by atoms with Gasteiger partial charge in [0.2, 0.25) is 0 Å². The fourth-order valence-corrected chi connectivity index (χ4v) is 12.4. The van der Waals surface area contributed by atoms with E-state index in [-0.39, 0.29) is 5.41 Å². The number of likely N-dealkylation sites (N-methyl/N-ethyl adjacent to an activating group) is 1. The van der Waals surface area contributed by atoms with Crippen molar-refractivity contribution in [3.8, 4) is 0 Å². The van der Waals surface area contributed by atoms with Crippen LogP contribution in [0.25, 0.3) is 0 Å². The van der Waals surface area contributed by atoms with Crippen molar-refractivity contribution in [3.05, 3.63) is 12.2 Å². The third-order valence-electron chi connectivity index (χ3n) is 13.5. The maximum atomic E-state index is 14.5. The third-order valence-corrected chi connectivity index (χ3v) is 13.5. The normalized spacial score (nSPS) is 57.1. The monoisotopic (exact) mass is 465 g/mol. The van der Waals surface area contributed by atoms with E-state index >= 15 is 0 Å². The van der Waals surface area contributed by atoms with Crippen molar-refractivity contribution in [3.63, 3.8) is 0 Å². The Hall–Kier alpha value is -0.830. The second-order valence-electron chi connectivity index (χ2n) is 15.1. The van der Waals surface area contributed by atoms with Gasteiger partial charge < -0.3 is 0 Å². The predicted octanol–water partition coefficient (Wildman–Crippen LogP) is 6.88. The van der Waals surface area contributed by atoms with Crippen LogP contribution in [0, 0.1) is 52.3 Å². The SMILES string of the molecule is CN(C(=O)[N+]1(C)CC=C[C@@]2(C)C1CC[C@H]1[C@@H]3CCC[C@@]3(C)CC[C@@H]12)C1C2CC3CC(C2)CC1C3. The summed E-state index contributed by atoms with van der Waals surface area (Å²) in [4.78, 5) is 16.8. The molecule has 0 saturated heterocycles. The highest BCUT2D eigenvalue weighted by atomic mass is 16.2. The standard InChI is InChI=1S/C31H49N2O/c1-30-11-5-7-25(30)24-8-9-27-31(2,26(24)10-13-30)12-6-14-33(27,4)29(34)32(3)28-22-16-20-15-21(18-22)19-23(28)17-20/h6,12,20-28H,5,7-11,13-19H2,1-4H3/q+1/t20?,21?,22?,23?,24-,25-,26-,27?,28?,30-,31+,33?/m0/s1. The predicted molar refractivity (Wildman–Crippen MR) is 137 cm³/mol. The summed E-state index contributed by atoms with van der Waals surface area (Å²) in [5.74, 6) is 6.08. The molecule has 0 radical (unpaired) electrons. The van der Waals surface area contributed by atoms with E-state index in [0.717, 1.165) is 48.0 Å².